The summed E-state index contributed by atoms with van der Waals surface area (Å²) in [6.07, 6.45) is -2.36. The molecule has 0 saturated carbocycles. The number of likely N-dealkylation sites (tertiary alicyclic amines) is 1. The molecule has 0 bridgehead atoms. The molecule has 1 aliphatic rings. The third-order valence-electron chi connectivity index (χ3n) is 5.64. The number of likely N-dealkylation sites (N-methyl/N-ethyl adjacent to an activating group) is 1. The zero-order valence-corrected chi connectivity index (χ0v) is 19.4. The Morgan fingerprint density at radius 3 is 2.50 bits per heavy atom. The van der Waals surface area contributed by atoms with Crippen molar-refractivity contribution in [2.45, 2.75) is 25.2 Å². The lowest BCUT2D eigenvalue weighted by molar-refractivity contribution is -0.192. The SMILES string of the molecule is CN(Cc1ccccc1)C1CCN(C(=O)c2ccn(-c3cccc(C#N)c3)n2)C1.O=C(O)C(F)(F)F. The van der Waals surface area contributed by atoms with Crippen molar-refractivity contribution < 1.29 is 27.9 Å². The fourth-order valence-corrected chi connectivity index (χ4v) is 3.75. The van der Waals surface area contributed by atoms with Crippen LogP contribution in [0.4, 0.5) is 13.2 Å². The van der Waals surface area contributed by atoms with Gasteiger partial charge in [0.2, 0.25) is 0 Å². The number of aromatic nitrogens is 2. The molecular weight excluding hydrogens is 475 g/mol. The summed E-state index contributed by atoms with van der Waals surface area (Å²) in [6, 6.07) is 21.8. The van der Waals surface area contributed by atoms with Crippen molar-refractivity contribution in [3.63, 3.8) is 0 Å². The minimum Gasteiger partial charge on any atom is -0.475 e. The van der Waals surface area contributed by atoms with Gasteiger partial charge in [-0.15, -0.1) is 0 Å². The Morgan fingerprint density at radius 2 is 1.86 bits per heavy atom. The molecule has 1 amide bonds. The summed E-state index contributed by atoms with van der Waals surface area (Å²) < 4.78 is 33.4. The fraction of sp³-hybridized carbons (Fsp3) is 0.280. The highest BCUT2D eigenvalue weighted by atomic mass is 19.4. The maximum Gasteiger partial charge on any atom is 0.490 e. The normalized spacial score (nSPS) is 15.2. The molecular formula is C25H24F3N5O3. The van der Waals surface area contributed by atoms with E-state index in [-0.39, 0.29) is 5.91 Å². The zero-order chi connectivity index (χ0) is 26.3. The number of nitrogens with zero attached hydrogens (tertiary/aromatic N) is 5. The van der Waals surface area contributed by atoms with E-state index in [0.29, 0.717) is 23.8 Å². The van der Waals surface area contributed by atoms with Crippen molar-refractivity contribution >= 4 is 11.9 Å². The third-order valence-corrected chi connectivity index (χ3v) is 5.64. The van der Waals surface area contributed by atoms with Crippen molar-refractivity contribution in [2.75, 3.05) is 20.1 Å². The number of amides is 1. The van der Waals surface area contributed by atoms with E-state index in [4.69, 9.17) is 15.2 Å². The van der Waals surface area contributed by atoms with Gasteiger partial charge in [0.15, 0.2) is 5.69 Å². The van der Waals surface area contributed by atoms with E-state index >= 15 is 0 Å². The Bertz CT molecular complexity index is 1240. The fourth-order valence-electron chi connectivity index (χ4n) is 3.75. The average molecular weight is 499 g/mol. The van der Waals surface area contributed by atoms with Crippen LogP contribution in [0.25, 0.3) is 5.69 Å². The zero-order valence-electron chi connectivity index (χ0n) is 19.4. The number of aliphatic carboxylic acids is 1. The number of carboxylic acids is 1. The van der Waals surface area contributed by atoms with Crippen LogP contribution in [0.15, 0.2) is 66.9 Å². The van der Waals surface area contributed by atoms with Gasteiger partial charge in [-0.3, -0.25) is 9.69 Å². The summed E-state index contributed by atoms with van der Waals surface area (Å²) in [5.74, 6) is -2.80. The number of nitriles is 1. The minimum absolute atomic E-state index is 0.0456. The Morgan fingerprint density at radius 1 is 1.17 bits per heavy atom. The number of halogens is 3. The molecule has 8 nitrogen and oxygen atoms in total. The molecule has 1 fully saturated rings. The van der Waals surface area contributed by atoms with Gasteiger partial charge in [-0.1, -0.05) is 36.4 Å². The summed E-state index contributed by atoms with van der Waals surface area (Å²) in [6.45, 7) is 2.32. The molecule has 1 aromatic heterocycles. The second-order valence-corrected chi connectivity index (χ2v) is 8.20. The number of carbonyl (C=O) groups is 2. The number of carbonyl (C=O) groups excluding carboxylic acids is 1. The van der Waals surface area contributed by atoms with Crippen LogP contribution in [0, 0.1) is 11.3 Å². The highest BCUT2D eigenvalue weighted by Gasteiger charge is 2.38. The van der Waals surface area contributed by atoms with E-state index < -0.39 is 12.1 Å². The maximum absolute atomic E-state index is 12.9. The van der Waals surface area contributed by atoms with Crippen LogP contribution < -0.4 is 0 Å². The summed E-state index contributed by atoms with van der Waals surface area (Å²) in [7, 11) is 2.11. The Labute approximate surface area is 205 Å². The summed E-state index contributed by atoms with van der Waals surface area (Å²) in [4.78, 5) is 26.0. The summed E-state index contributed by atoms with van der Waals surface area (Å²) >= 11 is 0. The largest absolute Gasteiger partial charge is 0.490 e. The van der Waals surface area contributed by atoms with Gasteiger partial charge in [0.25, 0.3) is 5.91 Å². The molecule has 1 saturated heterocycles. The summed E-state index contributed by atoms with van der Waals surface area (Å²) in [5, 5.41) is 20.6. The number of rotatable bonds is 5. The molecule has 4 rings (SSSR count). The maximum atomic E-state index is 12.9. The smallest absolute Gasteiger partial charge is 0.475 e. The molecule has 1 unspecified atom stereocenters. The number of benzene rings is 2. The van der Waals surface area contributed by atoms with Gasteiger partial charge in [-0.25, -0.2) is 9.48 Å². The second-order valence-electron chi connectivity index (χ2n) is 8.20. The quantitative estimate of drug-likeness (QED) is 0.574. The van der Waals surface area contributed by atoms with Crippen molar-refractivity contribution in [3.05, 3.63) is 83.7 Å². The van der Waals surface area contributed by atoms with Gasteiger partial charge in [0, 0.05) is 31.9 Å². The molecule has 11 heteroatoms. The molecule has 36 heavy (non-hydrogen) atoms. The topological polar surface area (TPSA) is 102 Å². The van der Waals surface area contributed by atoms with Crippen molar-refractivity contribution in [1.29, 1.82) is 5.26 Å². The number of hydrogen-bond acceptors (Lipinski definition) is 5. The minimum atomic E-state index is -5.08. The first-order chi connectivity index (χ1) is 17.1. The predicted octanol–water partition coefficient (Wildman–Crippen LogP) is 3.72. The highest BCUT2D eigenvalue weighted by Crippen LogP contribution is 2.19. The number of alkyl halides is 3. The molecule has 0 radical (unpaired) electrons. The summed E-state index contributed by atoms with van der Waals surface area (Å²) in [5.41, 5.74) is 3.04. The van der Waals surface area contributed by atoms with E-state index in [2.05, 4.69) is 47.4 Å². The lowest BCUT2D eigenvalue weighted by atomic mass is 10.1. The van der Waals surface area contributed by atoms with Crippen LogP contribution in [-0.2, 0) is 11.3 Å². The van der Waals surface area contributed by atoms with Gasteiger partial charge >= 0.3 is 12.1 Å². The number of carboxylic acid groups (broad SMARTS) is 1. The standard InChI is InChI=1S/C23H23N5O.C2HF3O2/c1-26(16-18-6-3-2-4-7-18)21-10-12-27(17-21)23(29)22-11-13-28(25-22)20-9-5-8-19(14-20)15-24;3-2(4,5)1(6)7/h2-9,11,13-14,21H,10,12,16-17H2,1H3;(H,6,7). The van der Waals surface area contributed by atoms with Crippen LogP contribution >= 0.6 is 0 Å². The molecule has 2 heterocycles. The van der Waals surface area contributed by atoms with E-state index in [1.165, 1.54) is 5.56 Å². The molecule has 0 spiro atoms. The van der Waals surface area contributed by atoms with Crippen molar-refractivity contribution in [1.82, 2.24) is 19.6 Å². The molecule has 1 atom stereocenters. The second kappa shape index (κ2) is 11.5. The van der Waals surface area contributed by atoms with Crippen LogP contribution in [0.1, 0.15) is 28.0 Å². The van der Waals surface area contributed by atoms with E-state index in [1.54, 1.807) is 29.1 Å². The van der Waals surface area contributed by atoms with Crippen molar-refractivity contribution in [2.24, 2.45) is 0 Å². The molecule has 1 aliphatic heterocycles. The monoisotopic (exact) mass is 499 g/mol. The van der Waals surface area contributed by atoms with Crippen molar-refractivity contribution in [3.8, 4) is 11.8 Å². The highest BCUT2D eigenvalue weighted by molar-refractivity contribution is 5.92. The van der Waals surface area contributed by atoms with E-state index in [9.17, 15) is 18.0 Å². The average Bonchev–Trinajstić information content (AvgIpc) is 3.55. The molecule has 188 valence electrons. The van der Waals surface area contributed by atoms with Gasteiger partial charge in [-0.2, -0.15) is 23.5 Å². The lowest BCUT2D eigenvalue weighted by Crippen LogP contribution is -2.36. The first-order valence-corrected chi connectivity index (χ1v) is 11.0. The first kappa shape index (κ1) is 26.4. The Balaban J connectivity index is 0.000000454. The molecule has 0 aliphatic carbocycles. The third kappa shape index (κ3) is 6.93. The van der Waals surface area contributed by atoms with Crippen LogP contribution in [0.3, 0.4) is 0 Å². The molecule has 2 aromatic carbocycles. The predicted molar refractivity (Wildman–Crippen MR) is 124 cm³/mol. The van der Waals surface area contributed by atoms with Crippen LogP contribution in [0.5, 0.6) is 0 Å². The molecule has 3 aromatic rings. The van der Waals surface area contributed by atoms with Crippen LogP contribution in [-0.4, -0.2) is 68.9 Å². The van der Waals surface area contributed by atoms with Gasteiger partial charge in [0.1, 0.15) is 0 Å². The Kier molecular flexibility index (Phi) is 8.45. The molecule has 1 N–H and O–H groups in total. The Hall–Kier alpha value is -4.17. The van der Waals surface area contributed by atoms with Gasteiger partial charge < -0.3 is 10.0 Å². The first-order valence-electron chi connectivity index (χ1n) is 11.0. The van der Waals surface area contributed by atoms with Gasteiger partial charge in [0.05, 0.1) is 17.3 Å². The van der Waals surface area contributed by atoms with E-state index in [0.717, 1.165) is 25.2 Å². The lowest BCUT2D eigenvalue weighted by Gasteiger charge is -2.24. The van der Waals surface area contributed by atoms with E-state index in [1.807, 2.05) is 23.1 Å². The van der Waals surface area contributed by atoms with Gasteiger partial charge in [-0.05, 0) is 43.3 Å². The van der Waals surface area contributed by atoms with Crippen LogP contribution in [0.2, 0.25) is 0 Å². The number of hydrogen-bond donors (Lipinski definition) is 1.